The fraction of sp³-hybridized carbons (Fsp3) is 0.185. The van der Waals surface area contributed by atoms with Crippen LogP contribution in [0.1, 0.15) is 24.5 Å². The molecule has 1 heterocycles. The second kappa shape index (κ2) is 10.3. The average molecular weight is 474 g/mol. The number of esters is 1. The molecule has 178 valence electrons. The smallest absolute Gasteiger partial charge is 0.308 e. The van der Waals surface area contributed by atoms with Crippen molar-refractivity contribution >= 4 is 29.4 Å². The van der Waals surface area contributed by atoms with Crippen LogP contribution in [0.15, 0.2) is 78.9 Å². The number of rotatable bonds is 7. The molecule has 3 aromatic rings. The molecule has 0 radical (unpaired) electrons. The van der Waals surface area contributed by atoms with Crippen molar-refractivity contribution in [3.8, 4) is 5.75 Å². The first kappa shape index (κ1) is 23.8. The van der Waals surface area contributed by atoms with E-state index >= 15 is 0 Å². The Bertz CT molecular complexity index is 1240. The molecule has 0 aromatic heterocycles. The van der Waals surface area contributed by atoms with E-state index in [2.05, 4.69) is 0 Å². The van der Waals surface area contributed by atoms with Crippen molar-refractivity contribution in [2.45, 2.75) is 32.4 Å². The molecule has 8 heteroatoms. The Balaban J connectivity index is 1.60. The van der Waals surface area contributed by atoms with Gasteiger partial charge < -0.3 is 9.64 Å². The van der Waals surface area contributed by atoms with Crippen molar-refractivity contribution in [3.63, 3.8) is 0 Å². The van der Waals surface area contributed by atoms with Crippen LogP contribution in [-0.4, -0.2) is 34.6 Å². The van der Waals surface area contributed by atoms with Gasteiger partial charge in [0.1, 0.15) is 17.6 Å². The number of carbonyl (C=O) groups excluding carboxylic acids is 4. The fourth-order valence-electron chi connectivity index (χ4n) is 3.99. The van der Waals surface area contributed by atoms with Crippen molar-refractivity contribution in [1.82, 2.24) is 4.90 Å². The van der Waals surface area contributed by atoms with Crippen LogP contribution in [-0.2, 0) is 32.1 Å². The van der Waals surface area contributed by atoms with E-state index < -0.39 is 29.6 Å². The van der Waals surface area contributed by atoms with Gasteiger partial charge in [0.05, 0.1) is 18.5 Å². The summed E-state index contributed by atoms with van der Waals surface area (Å²) in [6.07, 6.45) is -0.122. The van der Waals surface area contributed by atoms with E-state index in [9.17, 15) is 23.6 Å². The highest BCUT2D eigenvalue weighted by Gasteiger charge is 2.44. The number of amides is 3. The third kappa shape index (κ3) is 5.60. The first-order chi connectivity index (χ1) is 16.8. The van der Waals surface area contributed by atoms with Crippen LogP contribution in [0.2, 0.25) is 0 Å². The summed E-state index contributed by atoms with van der Waals surface area (Å²) < 4.78 is 18.4. The minimum atomic E-state index is -1.00. The van der Waals surface area contributed by atoms with Crippen molar-refractivity contribution < 1.29 is 28.3 Å². The second-order valence-corrected chi connectivity index (χ2v) is 8.19. The van der Waals surface area contributed by atoms with Crippen LogP contribution in [0, 0.1) is 5.82 Å². The maximum atomic E-state index is 13.4. The van der Waals surface area contributed by atoms with Gasteiger partial charge in [-0.1, -0.05) is 42.5 Å². The van der Waals surface area contributed by atoms with Gasteiger partial charge in [-0.15, -0.1) is 0 Å². The maximum Gasteiger partial charge on any atom is 0.308 e. The van der Waals surface area contributed by atoms with Crippen LogP contribution in [0.3, 0.4) is 0 Å². The molecule has 7 nitrogen and oxygen atoms in total. The van der Waals surface area contributed by atoms with Gasteiger partial charge in [-0.25, -0.2) is 9.29 Å². The van der Waals surface area contributed by atoms with E-state index in [0.717, 1.165) is 10.5 Å². The topological polar surface area (TPSA) is 84.0 Å². The number of hydrogen-bond acceptors (Lipinski definition) is 5. The number of carbonyl (C=O) groups is 4. The van der Waals surface area contributed by atoms with Crippen molar-refractivity contribution in [3.05, 3.63) is 95.8 Å². The van der Waals surface area contributed by atoms with Crippen molar-refractivity contribution in [1.29, 1.82) is 0 Å². The Morgan fingerprint density at radius 3 is 2.23 bits per heavy atom. The third-order valence-corrected chi connectivity index (χ3v) is 5.64. The third-order valence-electron chi connectivity index (χ3n) is 5.64. The molecular weight excluding hydrogens is 451 g/mol. The lowest BCUT2D eigenvalue weighted by Crippen LogP contribution is -2.45. The van der Waals surface area contributed by atoms with Gasteiger partial charge in [-0.05, 0) is 47.5 Å². The quantitative estimate of drug-likeness (QED) is 0.297. The predicted octanol–water partition coefficient (Wildman–Crippen LogP) is 3.65. The van der Waals surface area contributed by atoms with Gasteiger partial charge in [-0.3, -0.25) is 19.2 Å². The molecule has 0 N–H and O–H groups in total. The molecular formula is C27H23FN2O5. The SMILES string of the molecule is CC(=O)Oc1ccc(N2C(=O)CC(N(Cc3ccc(F)cc3)C(=O)Cc3ccccc3)C2=O)cc1. The molecule has 4 rings (SSSR count). The van der Waals surface area contributed by atoms with Crippen LogP contribution in [0.4, 0.5) is 10.1 Å². The number of benzene rings is 3. The summed E-state index contributed by atoms with van der Waals surface area (Å²) in [5.74, 6) is -1.91. The lowest BCUT2D eigenvalue weighted by molar-refractivity contribution is -0.138. The molecule has 0 bridgehead atoms. The summed E-state index contributed by atoms with van der Waals surface area (Å²) in [6.45, 7) is 1.32. The molecule has 3 amide bonds. The molecule has 0 spiro atoms. The standard InChI is InChI=1S/C27H23FN2O5/c1-18(31)35-23-13-11-22(12-14-23)30-26(33)16-24(27(30)34)29(17-20-7-9-21(28)10-8-20)25(32)15-19-5-3-2-4-6-19/h2-14,24H,15-17H2,1H3. The largest absolute Gasteiger partial charge is 0.427 e. The van der Waals surface area contributed by atoms with Gasteiger partial charge >= 0.3 is 5.97 Å². The zero-order chi connectivity index (χ0) is 24.9. The predicted molar refractivity (Wildman–Crippen MR) is 126 cm³/mol. The van der Waals surface area contributed by atoms with E-state index in [4.69, 9.17) is 4.74 Å². The normalized spacial score (nSPS) is 15.3. The summed E-state index contributed by atoms with van der Waals surface area (Å²) in [4.78, 5) is 53.2. The van der Waals surface area contributed by atoms with E-state index in [1.54, 1.807) is 12.1 Å². The van der Waals surface area contributed by atoms with Crippen molar-refractivity contribution in [2.24, 2.45) is 0 Å². The summed E-state index contributed by atoms with van der Waals surface area (Å²) in [5, 5.41) is 0. The van der Waals surface area contributed by atoms with Gasteiger partial charge in [0.2, 0.25) is 11.8 Å². The monoisotopic (exact) mass is 474 g/mol. The molecule has 0 saturated carbocycles. The number of nitrogens with zero attached hydrogens (tertiary/aromatic N) is 2. The minimum Gasteiger partial charge on any atom is -0.427 e. The number of hydrogen-bond donors (Lipinski definition) is 0. The molecule has 3 aromatic carbocycles. The molecule has 1 unspecified atom stereocenters. The number of ether oxygens (including phenoxy) is 1. The molecule has 1 fully saturated rings. The zero-order valence-electron chi connectivity index (χ0n) is 19.0. The Labute approximate surface area is 201 Å². The molecule has 0 aliphatic carbocycles. The highest BCUT2D eigenvalue weighted by Crippen LogP contribution is 2.29. The summed E-state index contributed by atoms with van der Waals surface area (Å²) >= 11 is 0. The van der Waals surface area contributed by atoms with Gasteiger partial charge in [0, 0.05) is 13.5 Å². The Hall–Kier alpha value is -4.33. The van der Waals surface area contributed by atoms with E-state index in [1.165, 1.54) is 48.2 Å². The second-order valence-electron chi connectivity index (χ2n) is 8.19. The van der Waals surface area contributed by atoms with E-state index in [1.807, 2.05) is 30.3 Å². The summed E-state index contributed by atoms with van der Waals surface area (Å²) in [6, 6.07) is 19.8. The maximum absolute atomic E-state index is 13.4. The van der Waals surface area contributed by atoms with Crippen LogP contribution >= 0.6 is 0 Å². The van der Waals surface area contributed by atoms with Crippen LogP contribution in [0.5, 0.6) is 5.75 Å². The van der Waals surface area contributed by atoms with Gasteiger partial charge in [0.25, 0.3) is 5.91 Å². The van der Waals surface area contributed by atoms with E-state index in [-0.39, 0.29) is 31.0 Å². The lowest BCUT2D eigenvalue weighted by atomic mass is 10.1. The first-order valence-electron chi connectivity index (χ1n) is 11.0. The first-order valence-corrected chi connectivity index (χ1v) is 11.0. The average Bonchev–Trinajstić information content (AvgIpc) is 3.13. The van der Waals surface area contributed by atoms with Gasteiger partial charge in [0.15, 0.2) is 0 Å². The Morgan fingerprint density at radius 2 is 1.60 bits per heavy atom. The Morgan fingerprint density at radius 1 is 0.943 bits per heavy atom. The molecule has 1 aliphatic heterocycles. The highest BCUT2D eigenvalue weighted by atomic mass is 19.1. The van der Waals surface area contributed by atoms with Crippen LogP contribution < -0.4 is 9.64 Å². The summed E-state index contributed by atoms with van der Waals surface area (Å²) in [5.41, 5.74) is 1.73. The summed E-state index contributed by atoms with van der Waals surface area (Å²) in [7, 11) is 0. The molecule has 1 aliphatic rings. The number of anilines is 1. The highest BCUT2D eigenvalue weighted by molar-refractivity contribution is 6.23. The number of imide groups is 1. The Kier molecular flexibility index (Phi) is 7.01. The molecule has 1 atom stereocenters. The fourth-order valence-corrected chi connectivity index (χ4v) is 3.99. The number of halogens is 1. The molecule has 35 heavy (non-hydrogen) atoms. The van der Waals surface area contributed by atoms with Crippen LogP contribution in [0.25, 0.3) is 0 Å². The molecule has 1 saturated heterocycles. The minimum absolute atomic E-state index is 0.0505. The zero-order valence-corrected chi connectivity index (χ0v) is 19.0. The lowest BCUT2D eigenvalue weighted by Gasteiger charge is -2.28. The van der Waals surface area contributed by atoms with E-state index in [0.29, 0.717) is 11.3 Å². The van der Waals surface area contributed by atoms with Crippen molar-refractivity contribution in [2.75, 3.05) is 4.90 Å². The van der Waals surface area contributed by atoms with Gasteiger partial charge in [-0.2, -0.15) is 0 Å².